The fraction of sp³-hybridized carbons (Fsp3) is 0.357. The molecule has 102 valence electrons. The summed E-state index contributed by atoms with van der Waals surface area (Å²) in [4.78, 5) is 4.47. The van der Waals surface area contributed by atoms with Crippen molar-refractivity contribution in [1.82, 2.24) is 4.98 Å². The third-order valence-corrected chi connectivity index (χ3v) is 3.49. The summed E-state index contributed by atoms with van der Waals surface area (Å²) in [5.41, 5.74) is 7.52. The first-order valence-corrected chi connectivity index (χ1v) is 7.21. The first kappa shape index (κ1) is 13.8. The predicted octanol–water partition coefficient (Wildman–Crippen LogP) is 3.07. The van der Waals surface area contributed by atoms with Crippen LogP contribution in [-0.2, 0) is 6.54 Å². The van der Waals surface area contributed by atoms with Crippen molar-refractivity contribution in [2.24, 2.45) is 5.73 Å². The van der Waals surface area contributed by atoms with Crippen LogP contribution in [0.4, 0.5) is 0 Å². The summed E-state index contributed by atoms with van der Waals surface area (Å²) in [6.07, 6.45) is 0. The van der Waals surface area contributed by atoms with Crippen molar-refractivity contribution in [2.45, 2.75) is 20.4 Å². The summed E-state index contributed by atoms with van der Waals surface area (Å²) in [7, 11) is 0. The minimum absolute atomic E-state index is 0.464. The molecule has 0 amide bonds. The van der Waals surface area contributed by atoms with E-state index < -0.39 is 0 Å². The molecule has 0 saturated heterocycles. The van der Waals surface area contributed by atoms with E-state index in [4.69, 9.17) is 15.2 Å². The minimum Gasteiger partial charge on any atom is -0.490 e. The van der Waals surface area contributed by atoms with Gasteiger partial charge in [-0.15, -0.1) is 11.3 Å². The molecular formula is C14H18N2O2S. The highest BCUT2D eigenvalue weighted by Gasteiger charge is 2.10. The van der Waals surface area contributed by atoms with Crippen molar-refractivity contribution in [2.75, 3.05) is 13.2 Å². The lowest BCUT2D eigenvalue weighted by Crippen LogP contribution is -1.98. The van der Waals surface area contributed by atoms with Crippen molar-refractivity contribution in [3.8, 4) is 22.1 Å². The molecule has 19 heavy (non-hydrogen) atoms. The van der Waals surface area contributed by atoms with Crippen LogP contribution in [0.25, 0.3) is 10.6 Å². The second kappa shape index (κ2) is 6.54. The van der Waals surface area contributed by atoms with Gasteiger partial charge in [-0.3, -0.25) is 0 Å². The third-order valence-electron chi connectivity index (χ3n) is 2.55. The van der Waals surface area contributed by atoms with Crippen LogP contribution < -0.4 is 15.2 Å². The summed E-state index contributed by atoms with van der Waals surface area (Å²) in [6, 6.07) is 5.88. The maximum absolute atomic E-state index is 5.61. The van der Waals surface area contributed by atoms with Crippen molar-refractivity contribution in [3.63, 3.8) is 0 Å². The number of hydrogen-bond donors (Lipinski definition) is 1. The van der Waals surface area contributed by atoms with Crippen LogP contribution in [0.2, 0.25) is 0 Å². The first-order chi connectivity index (χ1) is 9.28. The zero-order chi connectivity index (χ0) is 13.7. The van der Waals surface area contributed by atoms with E-state index in [1.54, 1.807) is 11.3 Å². The highest BCUT2D eigenvalue weighted by atomic mass is 32.1. The van der Waals surface area contributed by atoms with Gasteiger partial charge in [0.2, 0.25) is 0 Å². The average Bonchev–Trinajstić information content (AvgIpc) is 2.90. The Morgan fingerprint density at radius 1 is 1.16 bits per heavy atom. The molecule has 0 spiro atoms. The summed E-state index contributed by atoms with van der Waals surface area (Å²) in [5, 5.41) is 2.93. The van der Waals surface area contributed by atoms with Crippen LogP contribution in [0, 0.1) is 0 Å². The molecule has 0 aliphatic carbocycles. The van der Waals surface area contributed by atoms with Crippen LogP contribution in [0.3, 0.4) is 0 Å². The van der Waals surface area contributed by atoms with Gasteiger partial charge < -0.3 is 15.2 Å². The van der Waals surface area contributed by atoms with E-state index in [1.165, 1.54) is 0 Å². The molecule has 4 nitrogen and oxygen atoms in total. The molecule has 0 aliphatic heterocycles. The zero-order valence-corrected chi connectivity index (χ0v) is 12.0. The molecule has 0 radical (unpaired) electrons. The lowest BCUT2D eigenvalue weighted by molar-refractivity contribution is 0.288. The average molecular weight is 278 g/mol. The van der Waals surface area contributed by atoms with Crippen molar-refractivity contribution in [1.29, 1.82) is 0 Å². The molecule has 1 heterocycles. The summed E-state index contributed by atoms with van der Waals surface area (Å²) >= 11 is 1.59. The number of benzene rings is 1. The molecule has 0 unspecified atom stereocenters. The fourth-order valence-electron chi connectivity index (χ4n) is 1.72. The van der Waals surface area contributed by atoms with Crippen molar-refractivity contribution < 1.29 is 9.47 Å². The molecule has 2 rings (SSSR count). The Bertz CT molecular complexity index is 540. The molecule has 5 heteroatoms. The highest BCUT2D eigenvalue weighted by molar-refractivity contribution is 7.13. The largest absolute Gasteiger partial charge is 0.490 e. The molecule has 0 bridgehead atoms. The lowest BCUT2D eigenvalue weighted by atomic mass is 10.2. The number of aromatic nitrogens is 1. The SMILES string of the molecule is CCOc1ccc(-c2nc(CN)cs2)cc1OCC. The molecule has 1 aromatic carbocycles. The van der Waals surface area contributed by atoms with E-state index >= 15 is 0 Å². The highest BCUT2D eigenvalue weighted by Crippen LogP contribution is 2.34. The maximum Gasteiger partial charge on any atom is 0.161 e. The number of rotatable bonds is 6. The molecule has 1 aromatic heterocycles. The molecule has 0 atom stereocenters. The Hall–Kier alpha value is -1.59. The monoisotopic (exact) mass is 278 g/mol. The Balaban J connectivity index is 2.33. The van der Waals surface area contributed by atoms with E-state index in [0.717, 1.165) is 27.8 Å². The van der Waals surface area contributed by atoms with E-state index in [0.29, 0.717) is 19.8 Å². The van der Waals surface area contributed by atoms with Gasteiger partial charge in [0.15, 0.2) is 11.5 Å². The number of thiazole rings is 1. The maximum atomic E-state index is 5.61. The number of nitrogens with two attached hydrogens (primary N) is 1. The van der Waals surface area contributed by atoms with Crippen LogP contribution in [-0.4, -0.2) is 18.2 Å². The predicted molar refractivity (Wildman–Crippen MR) is 77.8 cm³/mol. The zero-order valence-electron chi connectivity index (χ0n) is 11.2. The van der Waals surface area contributed by atoms with E-state index in [2.05, 4.69) is 4.98 Å². The third kappa shape index (κ3) is 3.24. The van der Waals surface area contributed by atoms with Gasteiger partial charge >= 0.3 is 0 Å². The van der Waals surface area contributed by atoms with Crippen LogP contribution in [0.5, 0.6) is 11.5 Å². The number of hydrogen-bond acceptors (Lipinski definition) is 5. The molecule has 2 aromatic rings. The summed E-state index contributed by atoms with van der Waals surface area (Å²) in [5.74, 6) is 1.52. The molecule has 2 N–H and O–H groups in total. The van der Waals surface area contributed by atoms with E-state index in [-0.39, 0.29) is 0 Å². The normalized spacial score (nSPS) is 10.5. The van der Waals surface area contributed by atoms with E-state index in [9.17, 15) is 0 Å². The van der Waals surface area contributed by atoms with Crippen LogP contribution >= 0.6 is 11.3 Å². The van der Waals surface area contributed by atoms with Crippen molar-refractivity contribution in [3.05, 3.63) is 29.3 Å². The number of ether oxygens (including phenoxy) is 2. The second-order valence-corrected chi connectivity index (χ2v) is 4.73. The fourth-order valence-corrected chi connectivity index (χ4v) is 2.55. The van der Waals surface area contributed by atoms with Gasteiger partial charge in [-0.25, -0.2) is 4.98 Å². The standard InChI is InChI=1S/C14H18N2O2S/c1-3-17-12-6-5-10(7-13(12)18-4-2)14-16-11(8-15)9-19-14/h5-7,9H,3-4,8,15H2,1-2H3. The van der Waals surface area contributed by atoms with Gasteiger partial charge in [-0.2, -0.15) is 0 Å². The number of nitrogens with zero attached hydrogens (tertiary/aromatic N) is 1. The van der Waals surface area contributed by atoms with Gasteiger partial charge in [-0.1, -0.05) is 0 Å². The molecule has 0 saturated carbocycles. The van der Waals surface area contributed by atoms with Crippen molar-refractivity contribution >= 4 is 11.3 Å². The Labute approximate surface area is 117 Å². The molecule has 0 aliphatic rings. The Morgan fingerprint density at radius 3 is 2.53 bits per heavy atom. The first-order valence-electron chi connectivity index (χ1n) is 6.33. The minimum atomic E-state index is 0.464. The second-order valence-electron chi connectivity index (χ2n) is 3.88. The quantitative estimate of drug-likeness (QED) is 0.882. The Kier molecular flexibility index (Phi) is 4.76. The van der Waals surface area contributed by atoms with E-state index in [1.807, 2.05) is 37.4 Å². The molecular weight excluding hydrogens is 260 g/mol. The van der Waals surface area contributed by atoms with Gasteiger partial charge in [0.05, 0.1) is 18.9 Å². The summed E-state index contributed by atoms with van der Waals surface area (Å²) in [6.45, 7) is 5.60. The van der Waals surface area contributed by atoms with Gasteiger partial charge in [0, 0.05) is 17.5 Å². The molecule has 0 fully saturated rings. The summed E-state index contributed by atoms with van der Waals surface area (Å²) < 4.78 is 11.2. The van der Waals surface area contributed by atoms with Gasteiger partial charge in [0.1, 0.15) is 5.01 Å². The van der Waals surface area contributed by atoms with Gasteiger partial charge in [-0.05, 0) is 32.0 Å². The van der Waals surface area contributed by atoms with Crippen LogP contribution in [0.15, 0.2) is 23.6 Å². The smallest absolute Gasteiger partial charge is 0.161 e. The van der Waals surface area contributed by atoms with Crippen LogP contribution in [0.1, 0.15) is 19.5 Å². The Morgan fingerprint density at radius 2 is 1.89 bits per heavy atom. The van der Waals surface area contributed by atoms with Gasteiger partial charge in [0.25, 0.3) is 0 Å². The lowest BCUT2D eigenvalue weighted by Gasteiger charge is -2.11. The topological polar surface area (TPSA) is 57.4 Å².